The Morgan fingerprint density at radius 2 is 1.10 bits per heavy atom. The topological polar surface area (TPSA) is 111 Å². The fraction of sp³-hybridized carbons (Fsp3) is 0.476. The lowest BCUT2D eigenvalue weighted by atomic mass is 9.91. The molecule has 0 saturated carbocycles. The van der Waals surface area contributed by atoms with Gasteiger partial charge in [0.25, 0.3) is 8.32 Å². The van der Waals surface area contributed by atoms with Crippen LogP contribution >= 0.6 is 0 Å². The van der Waals surface area contributed by atoms with E-state index in [0.29, 0.717) is 6.04 Å². The predicted molar refractivity (Wildman–Crippen MR) is 206 cm³/mol. The number of hydrogen-bond donors (Lipinski definition) is 2. The summed E-state index contributed by atoms with van der Waals surface area (Å²) in [5.74, 6) is -2.06. The Morgan fingerprint density at radius 1 is 0.647 bits per heavy atom. The first kappa shape index (κ1) is 41.2. The standard InChI is InChI=1S/C42H58N2O6Si/c1-30(43-39(48)49-40(2,3)4)36(45)28-34(26-31-20-14-11-15-21-31)37(46)44-35(27-32-22-16-12-17-23-32)38(47)50-51(41(5,6)7,42(8,9)10)29-33-24-18-13-19-25-33/h11-25,30,34-35H,26-29H2,1-10H3,(H,43,48)(H,44,46)/t30-,34+,35-/m0/s1. The maximum atomic E-state index is 14.6. The number of ketones is 1. The van der Waals surface area contributed by atoms with Crippen LogP contribution in [0, 0.1) is 5.92 Å². The number of nitrogens with one attached hydrogen (secondary N) is 2. The summed E-state index contributed by atoms with van der Waals surface area (Å²) < 4.78 is 12.2. The molecule has 3 rings (SSSR count). The van der Waals surface area contributed by atoms with Gasteiger partial charge in [0.15, 0.2) is 5.78 Å². The number of rotatable bonds is 14. The molecule has 0 heterocycles. The van der Waals surface area contributed by atoms with Crippen molar-refractivity contribution in [2.24, 2.45) is 5.92 Å². The number of ether oxygens (including phenoxy) is 1. The molecule has 0 fully saturated rings. The van der Waals surface area contributed by atoms with Crippen LogP contribution in [0.3, 0.4) is 0 Å². The highest BCUT2D eigenvalue weighted by Crippen LogP contribution is 2.53. The predicted octanol–water partition coefficient (Wildman–Crippen LogP) is 8.32. The van der Waals surface area contributed by atoms with E-state index >= 15 is 0 Å². The van der Waals surface area contributed by atoms with Gasteiger partial charge in [0, 0.05) is 24.8 Å². The molecule has 2 amide bonds. The Labute approximate surface area is 306 Å². The molecule has 3 aromatic carbocycles. The molecule has 51 heavy (non-hydrogen) atoms. The van der Waals surface area contributed by atoms with Gasteiger partial charge in [0.1, 0.15) is 11.6 Å². The molecule has 3 atom stereocenters. The van der Waals surface area contributed by atoms with Crippen LogP contribution in [0.15, 0.2) is 91.0 Å². The first-order valence-electron chi connectivity index (χ1n) is 17.9. The van der Waals surface area contributed by atoms with E-state index in [1.807, 2.05) is 78.9 Å². The number of alkyl carbamates (subject to hydrolysis) is 1. The van der Waals surface area contributed by atoms with Crippen molar-refractivity contribution in [1.82, 2.24) is 10.6 Å². The maximum absolute atomic E-state index is 14.6. The first-order chi connectivity index (χ1) is 23.7. The molecule has 0 saturated heterocycles. The Bertz CT molecular complexity index is 1580. The van der Waals surface area contributed by atoms with E-state index in [1.54, 1.807) is 27.7 Å². The van der Waals surface area contributed by atoms with Gasteiger partial charge >= 0.3 is 12.1 Å². The second kappa shape index (κ2) is 17.3. The summed E-state index contributed by atoms with van der Waals surface area (Å²) in [4.78, 5) is 54.8. The third-order valence-corrected chi connectivity index (χ3v) is 15.5. The zero-order chi connectivity index (χ0) is 38.0. The zero-order valence-corrected chi connectivity index (χ0v) is 33.2. The molecule has 276 valence electrons. The number of Topliss-reactive ketones (excluding diaryl/α,β-unsaturated/α-hetero) is 1. The second-order valence-corrected chi connectivity index (χ2v) is 21.8. The summed E-state index contributed by atoms with van der Waals surface area (Å²) in [6, 6.07) is 27.8. The lowest BCUT2D eigenvalue weighted by Gasteiger charge is -2.50. The van der Waals surface area contributed by atoms with Crippen LogP contribution in [0.4, 0.5) is 4.79 Å². The second-order valence-electron chi connectivity index (χ2n) is 16.6. The smallest absolute Gasteiger partial charge is 0.408 e. The van der Waals surface area contributed by atoms with Crippen LogP contribution in [0.2, 0.25) is 10.1 Å². The van der Waals surface area contributed by atoms with Gasteiger partial charge in [-0.1, -0.05) is 133 Å². The van der Waals surface area contributed by atoms with Gasteiger partial charge in [0.05, 0.1) is 6.04 Å². The molecule has 8 nitrogen and oxygen atoms in total. The molecule has 0 bridgehead atoms. The van der Waals surface area contributed by atoms with E-state index in [1.165, 1.54) is 0 Å². The van der Waals surface area contributed by atoms with Gasteiger partial charge in [-0.25, -0.2) is 4.79 Å². The Balaban J connectivity index is 1.97. The van der Waals surface area contributed by atoms with Crippen molar-refractivity contribution in [3.8, 4) is 0 Å². The number of hydrogen-bond acceptors (Lipinski definition) is 6. The minimum absolute atomic E-state index is 0.151. The minimum atomic E-state index is -3.00. The van der Waals surface area contributed by atoms with Crippen molar-refractivity contribution < 1.29 is 28.3 Å². The van der Waals surface area contributed by atoms with Crippen LogP contribution in [0.5, 0.6) is 0 Å². The van der Waals surface area contributed by atoms with Gasteiger partial charge in [-0.2, -0.15) is 0 Å². The Kier molecular flexibility index (Phi) is 14.0. The molecule has 0 aliphatic carbocycles. The molecule has 0 aromatic heterocycles. The van der Waals surface area contributed by atoms with Crippen LogP contribution in [-0.2, 0) is 42.4 Å². The average Bonchev–Trinajstić information content (AvgIpc) is 3.03. The Morgan fingerprint density at radius 3 is 1.55 bits per heavy atom. The monoisotopic (exact) mass is 714 g/mol. The fourth-order valence-corrected chi connectivity index (χ4v) is 11.9. The summed E-state index contributed by atoms with van der Waals surface area (Å²) in [6.07, 6.45) is -0.375. The molecule has 0 unspecified atom stereocenters. The van der Waals surface area contributed by atoms with E-state index in [4.69, 9.17) is 9.16 Å². The summed E-state index contributed by atoms with van der Waals surface area (Å²) in [7, 11) is -3.00. The van der Waals surface area contributed by atoms with Gasteiger partial charge in [0.2, 0.25) is 5.91 Å². The van der Waals surface area contributed by atoms with Crippen LogP contribution in [0.25, 0.3) is 0 Å². The van der Waals surface area contributed by atoms with Gasteiger partial charge in [-0.3, -0.25) is 14.4 Å². The molecule has 2 N–H and O–H groups in total. The Hall–Kier alpha value is -4.24. The van der Waals surface area contributed by atoms with Gasteiger partial charge in [-0.15, -0.1) is 0 Å². The molecule has 3 aromatic rings. The normalized spacial score (nSPS) is 14.1. The van der Waals surface area contributed by atoms with Gasteiger partial charge in [-0.05, 0) is 60.9 Å². The van der Waals surface area contributed by atoms with Crippen molar-refractivity contribution in [3.63, 3.8) is 0 Å². The number of carbonyl (C=O) groups is 4. The molecule has 0 spiro atoms. The van der Waals surface area contributed by atoms with Crippen molar-refractivity contribution in [1.29, 1.82) is 0 Å². The maximum Gasteiger partial charge on any atom is 0.408 e. The van der Waals surface area contributed by atoms with Crippen molar-refractivity contribution in [2.75, 3.05) is 0 Å². The van der Waals surface area contributed by atoms with Crippen molar-refractivity contribution in [2.45, 2.75) is 122 Å². The molecular formula is C42H58N2O6Si. The summed E-state index contributed by atoms with van der Waals surface area (Å²) in [5, 5.41) is 4.93. The highest BCUT2D eigenvalue weighted by molar-refractivity contribution is 6.80. The average molecular weight is 715 g/mol. The zero-order valence-electron chi connectivity index (χ0n) is 32.2. The SMILES string of the molecule is C[C@H](NC(=O)OC(C)(C)C)C(=O)C[C@@H](Cc1ccccc1)C(=O)N[C@@H](Cc1ccccc1)C(=O)O[Si](Cc1ccccc1)(C(C)(C)C)C(C)(C)C. The number of carbonyl (C=O) groups excluding carboxylic acids is 4. The highest BCUT2D eigenvalue weighted by atomic mass is 28.4. The third kappa shape index (κ3) is 12.2. The summed E-state index contributed by atoms with van der Waals surface area (Å²) in [6.45, 7) is 19.6. The molecule has 0 radical (unpaired) electrons. The lowest BCUT2D eigenvalue weighted by Crippen LogP contribution is -2.60. The minimum Gasteiger partial charge on any atom is -0.516 e. The van der Waals surface area contributed by atoms with E-state index in [2.05, 4.69) is 64.3 Å². The van der Waals surface area contributed by atoms with E-state index < -0.39 is 49.9 Å². The highest BCUT2D eigenvalue weighted by Gasteiger charge is 2.58. The van der Waals surface area contributed by atoms with Crippen LogP contribution < -0.4 is 10.6 Å². The number of benzene rings is 3. The molecule has 9 heteroatoms. The fourth-order valence-electron chi connectivity index (χ4n) is 6.60. The molecule has 0 aliphatic rings. The summed E-state index contributed by atoms with van der Waals surface area (Å²) in [5.41, 5.74) is 2.11. The van der Waals surface area contributed by atoms with Gasteiger partial charge < -0.3 is 19.8 Å². The van der Waals surface area contributed by atoms with Crippen LogP contribution in [0.1, 0.15) is 92.3 Å². The van der Waals surface area contributed by atoms with Crippen molar-refractivity contribution >= 4 is 32.1 Å². The van der Waals surface area contributed by atoms with Crippen molar-refractivity contribution in [3.05, 3.63) is 108 Å². The van der Waals surface area contributed by atoms with E-state index in [9.17, 15) is 19.2 Å². The van der Waals surface area contributed by atoms with Crippen LogP contribution in [-0.4, -0.2) is 49.8 Å². The van der Waals surface area contributed by atoms with E-state index in [-0.39, 0.29) is 35.1 Å². The number of amides is 2. The molecule has 0 aliphatic heterocycles. The molecular weight excluding hydrogens is 657 g/mol. The first-order valence-corrected chi connectivity index (χ1v) is 20.0. The van der Waals surface area contributed by atoms with E-state index in [0.717, 1.165) is 16.7 Å². The largest absolute Gasteiger partial charge is 0.516 e. The quantitative estimate of drug-likeness (QED) is 0.163. The third-order valence-electron chi connectivity index (χ3n) is 9.24. The lowest BCUT2D eigenvalue weighted by molar-refractivity contribution is -0.141. The summed E-state index contributed by atoms with van der Waals surface area (Å²) >= 11 is 0.